The van der Waals surface area contributed by atoms with E-state index in [-0.39, 0.29) is 12.4 Å². The summed E-state index contributed by atoms with van der Waals surface area (Å²) in [5, 5.41) is 0. The Bertz CT molecular complexity index is 527. The van der Waals surface area contributed by atoms with Crippen LogP contribution in [0.4, 0.5) is 0 Å². The highest BCUT2D eigenvalue weighted by atomic mass is 16.5. The number of para-hydroxylation sites is 1. The molecule has 0 heterocycles. The number of benzene rings is 2. The molecule has 0 saturated heterocycles. The van der Waals surface area contributed by atoms with Crippen LogP contribution in [-0.4, -0.2) is 12.4 Å². The van der Waals surface area contributed by atoms with Crippen LogP contribution < -0.4 is 4.74 Å². The Morgan fingerprint density at radius 2 is 1.72 bits per heavy atom. The van der Waals surface area contributed by atoms with Gasteiger partial charge in [-0.2, -0.15) is 0 Å². The zero-order valence-electron chi connectivity index (χ0n) is 10.0. The second-order valence-corrected chi connectivity index (χ2v) is 3.85. The average Bonchev–Trinajstić information content (AvgIpc) is 2.46. The molecule has 0 aliphatic heterocycles. The Hall–Kier alpha value is -2.35. The third kappa shape index (κ3) is 3.08. The number of ether oxygens (including phenoxy) is 1. The van der Waals surface area contributed by atoms with Crippen molar-refractivity contribution in [3.63, 3.8) is 0 Å². The van der Waals surface area contributed by atoms with Crippen LogP contribution in [0.25, 0.3) is 6.08 Å². The molecule has 0 fully saturated rings. The van der Waals surface area contributed by atoms with E-state index in [1.54, 1.807) is 18.2 Å². The van der Waals surface area contributed by atoms with Gasteiger partial charge in [0.15, 0.2) is 12.4 Å². The van der Waals surface area contributed by atoms with Crippen molar-refractivity contribution in [2.45, 2.75) is 0 Å². The van der Waals surface area contributed by atoms with Gasteiger partial charge in [0.05, 0.1) is 0 Å². The second-order valence-electron chi connectivity index (χ2n) is 3.85. The van der Waals surface area contributed by atoms with Gasteiger partial charge in [0.25, 0.3) is 0 Å². The predicted molar refractivity (Wildman–Crippen MR) is 72.8 cm³/mol. The lowest BCUT2D eigenvalue weighted by molar-refractivity contribution is 0.0921. The van der Waals surface area contributed by atoms with Crippen molar-refractivity contribution in [2.75, 3.05) is 6.61 Å². The van der Waals surface area contributed by atoms with Gasteiger partial charge in [-0.3, -0.25) is 4.79 Å². The first-order valence-corrected chi connectivity index (χ1v) is 5.73. The first-order valence-electron chi connectivity index (χ1n) is 5.73. The Kier molecular flexibility index (Phi) is 3.92. The summed E-state index contributed by atoms with van der Waals surface area (Å²) >= 11 is 0. The van der Waals surface area contributed by atoms with E-state index < -0.39 is 0 Å². The molecule has 0 aliphatic rings. The monoisotopic (exact) mass is 238 g/mol. The molecule has 0 aromatic heterocycles. The summed E-state index contributed by atoms with van der Waals surface area (Å²) in [5.41, 5.74) is 1.65. The van der Waals surface area contributed by atoms with Gasteiger partial charge in [-0.1, -0.05) is 55.1 Å². The van der Waals surface area contributed by atoms with Crippen LogP contribution in [0.2, 0.25) is 0 Å². The Morgan fingerprint density at radius 1 is 1.06 bits per heavy atom. The number of hydrogen-bond acceptors (Lipinski definition) is 2. The minimum atomic E-state index is -0.0329. The molecule has 2 rings (SSSR count). The standard InChI is InChI=1S/C16H14O2/c1-2-13-8-10-14(11-9-13)16(17)12-18-15-6-4-3-5-7-15/h2-11H,1,12H2. The van der Waals surface area contributed by atoms with E-state index in [1.807, 2.05) is 42.5 Å². The molecule has 0 radical (unpaired) electrons. The topological polar surface area (TPSA) is 26.3 Å². The third-order valence-electron chi connectivity index (χ3n) is 2.58. The van der Waals surface area contributed by atoms with Crippen molar-refractivity contribution < 1.29 is 9.53 Å². The molecule has 0 aliphatic carbocycles. The SMILES string of the molecule is C=Cc1ccc(C(=O)COc2ccccc2)cc1. The molecule has 0 atom stereocenters. The average molecular weight is 238 g/mol. The Morgan fingerprint density at radius 3 is 2.33 bits per heavy atom. The van der Waals surface area contributed by atoms with Crippen LogP contribution in [0.15, 0.2) is 61.2 Å². The van der Waals surface area contributed by atoms with Gasteiger partial charge in [-0.05, 0) is 17.7 Å². The van der Waals surface area contributed by atoms with Crippen LogP contribution in [-0.2, 0) is 0 Å². The molecule has 2 aromatic carbocycles. The predicted octanol–water partition coefficient (Wildman–Crippen LogP) is 3.59. The lowest BCUT2D eigenvalue weighted by atomic mass is 10.1. The summed E-state index contributed by atoms with van der Waals surface area (Å²) in [6, 6.07) is 16.6. The summed E-state index contributed by atoms with van der Waals surface area (Å²) in [7, 11) is 0. The summed E-state index contributed by atoms with van der Waals surface area (Å²) in [6.07, 6.45) is 1.74. The van der Waals surface area contributed by atoms with E-state index in [4.69, 9.17) is 4.74 Å². The Labute approximate surface area is 107 Å². The molecule has 0 bridgehead atoms. The fraction of sp³-hybridized carbons (Fsp3) is 0.0625. The summed E-state index contributed by atoms with van der Waals surface area (Å²) < 4.78 is 5.41. The maximum Gasteiger partial charge on any atom is 0.200 e. The maximum absolute atomic E-state index is 11.9. The molecule has 2 aromatic rings. The highest BCUT2D eigenvalue weighted by Gasteiger charge is 2.06. The van der Waals surface area contributed by atoms with Crippen LogP contribution in [0.1, 0.15) is 15.9 Å². The van der Waals surface area contributed by atoms with Crippen LogP contribution in [0, 0.1) is 0 Å². The summed E-state index contributed by atoms with van der Waals surface area (Å²) in [5.74, 6) is 0.669. The molecule has 0 unspecified atom stereocenters. The first kappa shape index (κ1) is 12.1. The van der Waals surface area contributed by atoms with Crippen molar-refractivity contribution in [3.05, 3.63) is 72.3 Å². The largest absolute Gasteiger partial charge is 0.485 e. The van der Waals surface area contributed by atoms with Crippen molar-refractivity contribution in [1.82, 2.24) is 0 Å². The lowest BCUT2D eigenvalue weighted by Crippen LogP contribution is -2.11. The Balaban J connectivity index is 1.97. The molecule has 0 saturated carbocycles. The van der Waals surface area contributed by atoms with E-state index in [0.717, 1.165) is 5.56 Å². The molecule has 90 valence electrons. The number of rotatable bonds is 5. The fourth-order valence-electron chi connectivity index (χ4n) is 1.55. The normalized spacial score (nSPS) is 9.78. The van der Waals surface area contributed by atoms with Crippen molar-refractivity contribution in [3.8, 4) is 5.75 Å². The van der Waals surface area contributed by atoms with E-state index in [1.165, 1.54) is 0 Å². The van der Waals surface area contributed by atoms with Gasteiger partial charge >= 0.3 is 0 Å². The van der Waals surface area contributed by atoms with Gasteiger partial charge in [0.1, 0.15) is 5.75 Å². The van der Waals surface area contributed by atoms with Crippen molar-refractivity contribution in [1.29, 1.82) is 0 Å². The molecule has 0 spiro atoms. The van der Waals surface area contributed by atoms with Crippen LogP contribution in [0.5, 0.6) is 5.75 Å². The van der Waals surface area contributed by atoms with Crippen LogP contribution >= 0.6 is 0 Å². The van der Waals surface area contributed by atoms with Gasteiger partial charge in [0.2, 0.25) is 0 Å². The maximum atomic E-state index is 11.9. The molecule has 18 heavy (non-hydrogen) atoms. The first-order chi connectivity index (χ1) is 8.79. The van der Waals surface area contributed by atoms with E-state index in [2.05, 4.69) is 6.58 Å². The molecule has 0 amide bonds. The molecule has 0 N–H and O–H groups in total. The molecule has 2 nitrogen and oxygen atoms in total. The van der Waals surface area contributed by atoms with E-state index in [9.17, 15) is 4.79 Å². The minimum Gasteiger partial charge on any atom is -0.485 e. The second kappa shape index (κ2) is 5.82. The quantitative estimate of drug-likeness (QED) is 0.744. The number of hydrogen-bond donors (Lipinski definition) is 0. The fourth-order valence-corrected chi connectivity index (χ4v) is 1.55. The van der Waals surface area contributed by atoms with Crippen LogP contribution in [0.3, 0.4) is 0 Å². The van der Waals surface area contributed by atoms with Gasteiger partial charge in [-0.15, -0.1) is 0 Å². The zero-order valence-corrected chi connectivity index (χ0v) is 10.0. The highest BCUT2D eigenvalue weighted by Crippen LogP contribution is 2.10. The van der Waals surface area contributed by atoms with Crippen molar-refractivity contribution in [2.24, 2.45) is 0 Å². The van der Waals surface area contributed by atoms with E-state index in [0.29, 0.717) is 11.3 Å². The molecular formula is C16H14O2. The van der Waals surface area contributed by atoms with Gasteiger partial charge in [-0.25, -0.2) is 0 Å². The number of ketones is 1. The van der Waals surface area contributed by atoms with Gasteiger partial charge < -0.3 is 4.74 Å². The molecule has 2 heteroatoms. The van der Waals surface area contributed by atoms with Gasteiger partial charge in [0, 0.05) is 5.56 Å². The summed E-state index contributed by atoms with van der Waals surface area (Å²) in [6.45, 7) is 3.72. The summed E-state index contributed by atoms with van der Waals surface area (Å²) in [4.78, 5) is 11.9. The number of carbonyl (C=O) groups is 1. The number of Topliss-reactive ketones (excluding diaryl/α,β-unsaturated/α-hetero) is 1. The minimum absolute atomic E-state index is 0.0329. The lowest BCUT2D eigenvalue weighted by Gasteiger charge is -2.05. The highest BCUT2D eigenvalue weighted by molar-refractivity contribution is 5.97. The smallest absolute Gasteiger partial charge is 0.200 e. The third-order valence-corrected chi connectivity index (χ3v) is 2.58. The van der Waals surface area contributed by atoms with E-state index >= 15 is 0 Å². The zero-order chi connectivity index (χ0) is 12.8. The molecular weight excluding hydrogens is 224 g/mol. The van der Waals surface area contributed by atoms with Crippen molar-refractivity contribution >= 4 is 11.9 Å². The number of carbonyl (C=O) groups excluding carboxylic acids is 1.